The molecule has 0 saturated heterocycles. The van der Waals surface area contributed by atoms with Gasteiger partial charge in [0.25, 0.3) is 0 Å². The van der Waals surface area contributed by atoms with Crippen molar-refractivity contribution in [3.8, 4) is 11.1 Å². The highest BCUT2D eigenvalue weighted by Crippen LogP contribution is 2.36. The minimum Gasteiger partial charge on any atom is -0.547 e. The average molecular weight is 530 g/mol. The summed E-state index contributed by atoms with van der Waals surface area (Å²) in [5.74, 6) is -1.46. The van der Waals surface area contributed by atoms with Gasteiger partial charge in [-0.1, -0.05) is 75.4 Å². The number of aromatic nitrogens is 2. The molecule has 1 atom stereocenters. The Hall–Kier alpha value is -3.86. The van der Waals surface area contributed by atoms with Gasteiger partial charge in [-0.15, -0.1) is 0 Å². The largest absolute Gasteiger partial charge is 0.547 e. The quantitative estimate of drug-likeness (QED) is 0.423. The topological polar surface area (TPSA) is 108 Å². The minimum atomic E-state index is -2.78. The number of rotatable bonds is 8. The van der Waals surface area contributed by atoms with Crippen molar-refractivity contribution in [2.75, 3.05) is 0 Å². The molecule has 0 aliphatic heterocycles. The molecule has 0 aliphatic rings. The number of aliphatic carboxylic acids is 1. The van der Waals surface area contributed by atoms with E-state index >= 15 is 0 Å². The number of carboxylic acid groups (broad SMARTS) is 1. The summed E-state index contributed by atoms with van der Waals surface area (Å²) in [6, 6.07) is 15.3. The Balaban J connectivity index is 1.82. The van der Waals surface area contributed by atoms with Crippen LogP contribution in [0.4, 0.5) is 13.6 Å². The van der Waals surface area contributed by atoms with Crippen LogP contribution < -0.4 is 15.7 Å². The lowest BCUT2D eigenvalue weighted by atomic mass is 9.75. The summed E-state index contributed by atoms with van der Waals surface area (Å²) in [4.78, 5) is 24.9. The van der Waals surface area contributed by atoms with Gasteiger partial charge in [-0.25, -0.2) is 9.48 Å². The number of carboxylic acids is 1. The third-order valence-corrected chi connectivity index (χ3v) is 5.62. The van der Waals surface area contributed by atoms with Crippen LogP contribution in [0.1, 0.15) is 44.9 Å². The molecule has 1 amide bonds. The Bertz CT molecular complexity index is 1240. The summed E-state index contributed by atoms with van der Waals surface area (Å²) >= 11 is 5.25. The monoisotopic (exact) mass is 529 g/mol. The first kappa shape index (κ1) is 27.7. The van der Waals surface area contributed by atoms with Crippen molar-refractivity contribution in [1.82, 2.24) is 20.4 Å². The molecular weight excluding hydrogens is 502 g/mol. The Morgan fingerprint density at radius 3 is 2.27 bits per heavy atom. The number of hydrogen-bond donors (Lipinski definition) is 2. The Labute approximate surface area is 218 Å². The summed E-state index contributed by atoms with van der Waals surface area (Å²) in [5, 5.41) is 21.1. The highest BCUT2D eigenvalue weighted by atomic mass is 32.1. The van der Waals surface area contributed by atoms with E-state index < -0.39 is 29.6 Å². The van der Waals surface area contributed by atoms with E-state index in [4.69, 9.17) is 17.0 Å². The van der Waals surface area contributed by atoms with Crippen molar-refractivity contribution >= 4 is 29.4 Å². The second kappa shape index (κ2) is 11.5. The highest BCUT2D eigenvalue weighted by molar-refractivity contribution is 7.80. The summed E-state index contributed by atoms with van der Waals surface area (Å²) in [6.07, 6.45) is 1.68. The number of ether oxygens (including phenoxy) is 1. The Kier molecular flexibility index (Phi) is 8.59. The number of alkyl halides is 2. The normalized spacial score (nSPS) is 13.0. The summed E-state index contributed by atoms with van der Waals surface area (Å²) < 4.78 is 31.4. The fourth-order valence-corrected chi connectivity index (χ4v) is 4.13. The molecule has 3 rings (SSSR count). The summed E-state index contributed by atoms with van der Waals surface area (Å²) in [5.41, 5.74) is -0.250. The van der Waals surface area contributed by atoms with Crippen LogP contribution in [-0.4, -0.2) is 27.0 Å². The van der Waals surface area contributed by atoms with Gasteiger partial charge in [-0.05, 0) is 40.7 Å². The second-order valence-electron chi connectivity index (χ2n) is 9.64. The van der Waals surface area contributed by atoms with Gasteiger partial charge in [-0.2, -0.15) is 13.9 Å². The van der Waals surface area contributed by atoms with Crippen LogP contribution in [0.2, 0.25) is 0 Å². The first-order valence-corrected chi connectivity index (χ1v) is 11.7. The number of alkyl carbamates (subject to hydrolysis) is 1. The summed E-state index contributed by atoms with van der Waals surface area (Å²) in [6.45, 7) is 2.78. The van der Waals surface area contributed by atoms with E-state index in [-0.39, 0.29) is 18.1 Å². The average Bonchev–Trinajstić information content (AvgIpc) is 3.33. The van der Waals surface area contributed by atoms with E-state index in [9.17, 15) is 23.5 Å². The molecule has 2 N–H and O–H groups in total. The molecule has 2 aromatic carbocycles. The van der Waals surface area contributed by atoms with Crippen LogP contribution in [0.3, 0.4) is 0 Å². The van der Waals surface area contributed by atoms with Crippen molar-refractivity contribution in [2.45, 2.75) is 45.9 Å². The van der Waals surface area contributed by atoms with Crippen molar-refractivity contribution in [3.05, 3.63) is 78.1 Å². The molecule has 0 saturated carbocycles. The van der Waals surface area contributed by atoms with Crippen molar-refractivity contribution < 1.29 is 28.2 Å². The Morgan fingerprint density at radius 1 is 1.08 bits per heavy atom. The number of nitrogens with zero attached hydrogens (tertiary/aromatic N) is 2. The van der Waals surface area contributed by atoms with Crippen LogP contribution in [0, 0.1) is 5.41 Å². The maximum absolute atomic E-state index is 12.9. The number of halogens is 2. The highest BCUT2D eigenvalue weighted by Gasteiger charge is 2.39. The zero-order valence-corrected chi connectivity index (χ0v) is 21.4. The van der Waals surface area contributed by atoms with Crippen molar-refractivity contribution in [2.24, 2.45) is 5.41 Å². The zero-order chi connectivity index (χ0) is 27.2. The standard InChI is InChI=1S/C26H28F2N4O4S/c1-25(2,3)16-26(21(33)34,31-23(37)30-24(35)36-15-17-7-5-4-6-8-17)20-11-9-18(10-12-20)19-13-29-32(14-19)22(27)28/h4-14,22H,15-16H2,1-3H3,(H,33,34)(H2,30,31,35,37)/p-1/t26-/m1/s1. The SMILES string of the molecule is CC(C)(C)C[C@](NC(=S)NC(=O)OCc1ccccc1)(C(=O)[O-])c1ccc(-c2cnn(C(F)F)c2)cc1. The van der Waals surface area contributed by atoms with Gasteiger partial charge in [0, 0.05) is 11.8 Å². The van der Waals surface area contributed by atoms with E-state index in [0.29, 0.717) is 21.4 Å². The molecule has 196 valence electrons. The molecule has 0 fully saturated rings. The molecule has 11 heteroatoms. The van der Waals surface area contributed by atoms with Crippen molar-refractivity contribution in [1.29, 1.82) is 0 Å². The molecule has 1 heterocycles. The van der Waals surface area contributed by atoms with E-state index in [1.807, 2.05) is 26.8 Å². The third-order valence-electron chi connectivity index (χ3n) is 5.41. The minimum absolute atomic E-state index is 0.00646. The molecule has 0 aliphatic carbocycles. The van der Waals surface area contributed by atoms with E-state index in [1.165, 1.54) is 12.4 Å². The molecule has 1 aromatic heterocycles. The predicted octanol–water partition coefficient (Wildman–Crippen LogP) is 4.13. The maximum Gasteiger partial charge on any atom is 0.413 e. The number of benzene rings is 2. The molecular formula is C26H27F2N4O4S-. The maximum atomic E-state index is 12.9. The lowest BCUT2D eigenvalue weighted by Gasteiger charge is -2.41. The third kappa shape index (κ3) is 7.32. The predicted molar refractivity (Wildman–Crippen MR) is 135 cm³/mol. The van der Waals surface area contributed by atoms with Crippen molar-refractivity contribution in [3.63, 3.8) is 0 Å². The van der Waals surface area contributed by atoms with Gasteiger partial charge < -0.3 is 20.0 Å². The van der Waals surface area contributed by atoms with Gasteiger partial charge in [0.1, 0.15) is 12.1 Å². The molecule has 0 radical (unpaired) electrons. The molecule has 0 unspecified atom stereocenters. The fraction of sp³-hybridized carbons (Fsp3) is 0.308. The lowest BCUT2D eigenvalue weighted by molar-refractivity contribution is -0.316. The van der Waals surface area contributed by atoms with E-state index in [1.54, 1.807) is 48.5 Å². The van der Waals surface area contributed by atoms with Crippen LogP contribution in [0.15, 0.2) is 67.0 Å². The van der Waals surface area contributed by atoms with E-state index in [2.05, 4.69) is 15.7 Å². The van der Waals surface area contributed by atoms with Gasteiger partial charge in [-0.3, -0.25) is 5.32 Å². The van der Waals surface area contributed by atoms with Crippen LogP contribution in [0.5, 0.6) is 0 Å². The zero-order valence-electron chi connectivity index (χ0n) is 20.5. The molecule has 8 nitrogen and oxygen atoms in total. The number of amides is 1. The molecule has 0 bridgehead atoms. The van der Waals surface area contributed by atoms with E-state index in [0.717, 1.165) is 5.56 Å². The molecule has 0 spiro atoms. The van der Waals surface area contributed by atoms with Crippen LogP contribution in [-0.2, 0) is 21.7 Å². The smallest absolute Gasteiger partial charge is 0.413 e. The van der Waals surface area contributed by atoms with Gasteiger partial charge in [0.05, 0.1) is 12.2 Å². The number of hydrogen-bond acceptors (Lipinski definition) is 6. The first-order chi connectivity index (χ1) is 17.4. The summed E-state index contributed by atoms with van der Waals surface area (Å²) in [7, 11) is 0. The van der Waals surface area contributed by atoms with Gasteiger partial charge in [0.2, 0.25) is 0 Å². The molecule has 37 heavy (non-hydrogen) atoms. The second-order valence-corrected chi connectivity index (χ2v) is 10.0. The van der Waals surface area contributed by atoms with Gasteiger partial charge in [0.15, 0.2) is 5.11 Å². The number of nitrogens with one attached hydrogen (secondary N) is 2. The number of carbonyl (C=O) groups is 2. The fourth-order valence-electron chi connectivity index (χ4n) is 3.87. The Morgan fingerprint density at radius 2 is 1.73 bits per heavy atom. The number of thiocarbonyl (C=S) groups is 1. The first-order valence-electron chi connectivity index (χ1n) is 11.3. The van der Waals surface area contributed by atoms with Gasteiger partial charge >= 0.3 is 12.6 Å². The molecule has 3 aromatic rings. The van der Waals surface area contributed by atoms with Crippen LogP contribution in [0.25, 0.3) is 11.1 Å². The lowest BCUT2D eigenvalue weighted by Crippen LogP contribution is -2.61. The number of carbonyl (C=O) groups excluding carboxylic acids is 2. The van der Waals surface area contributed by atoms with Crippen LogP contribution >= 0.6 is 12.2 Å².